The summed E-state index contributed by atoms with van der Waals surface area (Å²) in [7, 11) is 0. The molecule has 2 aromatic rings. The lowest BCUT2D eigenvalue weighted by Crippen LogP contribution is -2.01. The number of phenolic OH excluding ortho intramolecular Hbond substituents is 1. The van der Waals surface area contributed by atoms with Gasteiger partial charge in [0.2, 0.25) is 0 Å². The molecular formula is C11H10N2O2. The Morgan fingerprint density at radius 1 is 1.27 bits per heavy atom. The first-order valence-electron chi connectivity index (χ1n) is 4.78. The van der Waals surface area contributed by atoms with Gasteiger partial charge in [-0.1, -0.05) is 12.1 Å². The first-order valence-corrected chi connectivity index (χ1v) is 4.78. The molecule has 0 saturated heterocycles. The molecule has 0 spiro atoms. The topological polar surface area (TPSA) is 47.3 Å². The average Bonchev–Trinajstić information content (AvgIpc) is 2.80. The van der Waals surface area contributed by atoms with Crippen LogP contribution in [0.3, 0.4) is 0 Å². The zero-order valence-electron chi connectivity index (χ0n) is 8.05. The minimum atomic E-state index is 0.232. The summed E-state index contributed by atoms with van der Waals surface area (Å²) in [5, 5.41) is 14.0. The second-order valence-electron chi connectivity index (χ2n) is 3.51. The highest BCUT2D eigenvalue weighted by Crippen LogP contribution is 2.26. The molecule has 1 N–H and O–H groups in total. The molecule has 0 aliphatic carbocycles. The molecule has 0 radical (unpaired) electrons. The molecular weight excluding hydrogens is 192 g/mol. The summed E-state index contributed by atoms with van der Waals surface area (Å²) in [6.07, 6.45) is 1.79. The molecule has 0 amide bonds. The number of fused-ring (bicyclic) bond motifs is 1. The van der Waals surface area contributed by atoms with Crippen LogP contribution in [-0.2, 0) is 18.0 Å². The minimum absolute atomic E-state index is 0.232. The molecule has 1 aromatic heterocycles. The van der Waals surface area contributed by atoms with E-state index < -0.39 is 0 Å². The molecule has 1 aliphatic heterocycles. The Hall–Kier alpha value is -1.81. The Labute approximate surface area is 86.7 Å². The number of hydrogen-bond acceptors (Lipinski definition) is 3. The Morgan fingerprint density at radius 2 is 2.13 bits per heavy atom. The van der Waals surface area contributed by atoms with Crippen LogP contribution >= 0.6 is 0 Å². The van der Waals surface area contributed by atoms with Gasteiger partial charge in [-0.15, -0.1) is 0 Å². The fraction of sp³-hybridized carbons (Fsp3) is 0.182. The van der Waals surface area contributed by atoms with Crippen molar-refractivity contribution in [1.29, 1.82) is 0 Å². The van der Waals surface area contributed by atoms with Crippen molar-refractivity contribution in [3.05, 3.63) is 41.7 Å². The number of ether oxygens (including phenoxy) is 1. The van der Waals surface area contributed by atoms with Crippen molar-refractivity contribution < 1.29 is 9.84 Å². The van der Waals surface area contributed by atoms with Gasteiger partial charge in [0.1, 0.15) is 11.4 Å². The predicted molar refractivity (Wildman–Crippen MR) is 53.7 cm³/mol. The molecule has 15 heavy (non-hydrogen) atoms. The zero-order valence-corrected chi connectivity index (χ0v) is 8.05. The third-order valence-electron chi connectivity index (χ3n) is 2.56. The summed E-state index contributed by atoms with van der Waals surface area (Å²) in [6.45, 7) is 1.17. The van der Waals surface area contributed by atoms with Crippen molar-refractivity contribution >= 4 is 0 Å². The monoisotopic (exact) mass is 202 g/mol. The predicted octanol–water partition coefficient (Wildman–Crippen LogP) is 1.61. The number of benzene rings is 1. The molecule has 4 heteroatoms. The molecule has 1 aromatic carbocycles. The van der Waals surface area contributed by atoms with E-state index in [0.717, 1.165) is 11.3 Å². The van der Waals surface area contributed by atoms with Crippen LogP contribution in [-0.4, -0.2) is 14.9 Å². The van der Waals surface area contributed by atoms with Crippen LogP contribution in [0.15, 0.2) is 30.5 Å². The molecule has 2 heterocycles. The van der Waals surface area contributed by atoms with Gasteiger partial charge in [-0.05, 0) is 12.1 Å². The highest BCUT2D eigenvalue weighted by molar-refractivity contribution is 5.46. The van der Waals surface area contributed by atoms with E-state index in [1.54, 1.807) is 23.0 Å². The number of hydrogen-bond donors (Lipinski definition) is 1. The van der Waals surface area contributed by atoms with Crippen LogP contribution in [0.5, 0.6) is 5.75 Å². The lowest BCUT2D eigenvalue weighted by Gasteiger charge is -2.06. The number of phenols is 1. The second kappa shape index (κ2) is 3.10. The smallest absolute Gasteiger partial charge is 0.141 e. The van der Waals surface area contributed by atoms with Crippen LogP contribution in [0.25, 0.3) is 5.69 Å². The number of para-hydroxylation sites is 2. The lowest BCUT2D eigenvalue weighted by atomic mass is 10.2. The van der Waals surface area contributed by atoms with E-state index in [1.807, 2.05) is 12.1 Å². The Morgan fingerprint density at radius 3 is 3.00 bits per heavy atom. The van der Waals surface area contributed by atoms with Gasteiger partial charge < -0.3 is 9.84 Å². The Balaban J connectivity index is 2.17. The van der Waals surface area contributed by atoms with E-state index >= 15 is 0 Å². The van der Waals surface area contributed by atoms with E-state index in [-0.39, 0.29) is 5.75 Å². The number of rotatable bonds is 1. The summed E-state index contributed by atoms with van der Waals surface area (Å²) in [4.78, 5) is 0. The van der Waals surface area contributed by atoms with Crippen molar-refractivity contribution in [2.45, 2.75) is 13.2 Å². The van der Waals surface area contributed by atoms with E-state index in [4.69, 9.17) is 4.74 Å². The third-order valence-corrected chi connectivity index (χ3v) is 2.56. The summed E-state index contributed by atoms with van der Waals surface area (Å²) in [5.74, 6) is 0.232. The van der Waals surface area contributed by atoms with Crippen LogP contribution in [0.4, 0.5) is 0 Å². The average molecular weight is 202 g/mol. The highest BCUT2D eigenvalue weighted by atomic mass is 16.5. The Bertz CT molecular complexity index is 505. The van der Waals surface area contributed by atoms with Gasteiger partial charge >= 0.3 is 0 Å². The maximum absolute atomic E-state index is 9.71. The third kappa shape index (κ3) is 1.22. The summed E-state index contributed by atoms with van der Waals surface area (Å²) >= 11 is 0. The molecule has 76 valence electrons. The van der Waals surface area contributed by atoms with Crippen molar-refractivity contribution in [2.75, 3.05) is 0 Å². The maximum atomic E-state index is 9.71. The van der Waals surface area contributed by atoms with Gasteiger partial charge in [0.15, 0.2) is 0 Å². The first kappa shape index (κ1) is 8.49. The largest absolute Gasteiger partial charge is 0.506 e. The van der Waals surface area contributed by atoms with Gasteiger partial charge in [0, 0.05) is 5.56 Å². The van der Waals surface area contributed by atoms with Crippen molar-refractivity contribution in [3.8, 4) is 11.4 Å². The van der Waals surface area contributed by atoms with E-state index in [1.165, 1.54) is 0 Å². The lowest BCUT2D eigenvalue weighted by molar-refractivity contribution is 0.130. The zero-order chi connectivity index (χ0) is 10.3. The molecule has 0 bridgehead atoms. The molecule has 3 rings (SSSR count). The highest BCUT2D eigenvalue weighted by Gasteiger charge is 2.19. The standard InChI is InChI=1S/C11H10N2O2/c14-11-4-2-1-3-9(11)13-10-7-15-6-8(10)5-12-13/h1-5,14H,6-7H2. The molecule has 0 fully saturated rings. The fourth-order valence-corrected chi connectivity index (χ4v) is 1.79. The first-order chi connectivity index (χ1) is 7.36. The molecule has 0 unspecified atom stereocenters. The molecule has 0 saturated carbocycles. The van der Waals surface area contributed by atoms with Crippen LogP contribution in [0.2, 0.25) is 0 Å². The van der Waals surface area contributed by atoms with Crippen molar-refractivity contribution in [2.24, 2.45) is 0 Å². The molecule has 0 atom stereocenters. The Kier molecular flexibility index (Phi) is 1.76. The van der Waals surface area contributed by atoms with Gasteiger partial charge in [-0.2, -0.15) is 5.10 Å². The number of nitrogens with zero attached hydrogens (tertiary/aromatic N) is 2. The van der Waals surface area contributed by atoms with E-state index in [0.29, 0.717) is 18.9 Å². The summed E-state index contributed by atoms with van der Waals surface area (Å²) < 4.78 is 7.05. The van der Waals surface area contributed by atoms with Crippen LogP contribution in [0, 0.1) is 0 Å². The van der Waals surface area contributed by atoms with E-state index in [9.17, 15) is 5.11 Å². The number of aromatic hydroxyl groups is 1. The van der Waals surface area contributed by atoms with Gasteiger partial charge in [0.05, 0.1) is 25.1 Å². The summed E-state index contributed by atoms with van der Waals surface area (Å²) in [5.41, 5.74) is 2.82. The normalized spacial score (nSPS) is 14.1. The number of aromatic nitrogens is 2. The minimum Gasteiger partial charge on any atom is -0.506 e. The van der Waals surface area contributed by atoms with Gasteiger partial charge in [-0.3, -0.25) is 0 Å². The van der Waals surface area contributed by atoms with Gasteiger partial charge in [0.25, 0.3) is 0 Å². The van der Waals surface area contributed by atoms with Crippen molar-refractivity contribution in [3.63, 3.8) is 0 Å². The van der Waals surface area contributed by atoms with Crippen LogP contribution in [0.1, 0.15) is 11.3 Å². The fourth-order valence-electron chi connectivity index (χ4n) is 1.79. The second-order valence-corrected chi connectivity index (χ2v) is 3.51. The SMILES string of the molecule is Oc1ccccc1-n1ncc2c1COC2. The summed E-state index contributed by atoms with van der Waals surface area (Å²) in [6, 6.07) is 7.15. The quantitative estimate of drug-likeness (QED) is 0.764. The van der Waals surface area contributed by atoms with E-state index in [2.05, 4.69) is 5.10 Å². The maximum Gasteiger partial charge on any atom is 0.141 e. The van der Waals surface area contributed by atoms with Crippen LogP contribution < -0.4 is 0 Å². The van der Waals surface area contributed by atoms with Crippen molar-refractivity contribution in [1.82, 2.24) is 9.78 Å². The molecule has 4 nitrogen and oxygen atoms in total. The molecule has 1 aliphatic rings. The van der Waals surface area contributed by atoms with Gasteiger partial charge in [-0.25, -0.2) is 4.68 Å².